The lowest BCUT2D eigenvalue weighted by atomic mass is 10.4. The molecule has 0 saturated heterocycles. The van der Waals surface area contributed by atoms with Crippen molar-refractivity contribution in [2.24, 2.45) is 5.84 Å². The summed E-state index contributed by atoms with van der Waals surface area (Å²) >= 11 is 0. The Labute approximate surface area is 89.4 Å². The Kier molecular flexibility index (Phi) is 4.26. The van der Waals surface area contributed by atoms with E-state index in [1.807, 2.05) is 25.9 Å². The minimum Gasteiger partial charge on any atom is -0.476 e. The molecule has 1 aromatic rings. The van der Waals surface area contributed by atoms with Crippen LogP contribution in [0.5, 0.6) is 5.88 Å². The van der Waals surface area contributed by atoms with Crippen LogP contribution >= 0.6 is 0 Å². The third-order valence-corrected chi connectivity index (χ3v) is 1.75. The van der Waals surface area contributed by atoms with Crippen molar-refractivity contribution in [3.63, 3.8) is 0 Å². The number of nitrogen functional groups attached to an aromatic ring is 1. The van der Waals surface area contributed by atoms with Gasteiger partial charge in [-0.15, -0.1) is 0 Å². The number of anilines is 1. The fourth-order valence-electron chi connectivity index (χ4n) is 1.01. The molecule has 0 bridgehead atoms. The van der Waals surface area contributed by atoms with E-state index in [1.54, 1.807) is 6.07 Å². The van der Waals surface area contributed by atoms with E-state index in [2.05, 4.69) is 15.4 Å². The lowest BCUT2D eigenvalue weighted by Gasteiger charge is -2.11. The number of aryl methyl sites for hydroxylation is 1. The third-order valence-electron chi connectivity index (χ3n) is 1.75. The standard InChI is InChI=1S/C9H17N5O/c1-7-6-8(12-9(11-7)13-10)15-5-4-14(2)3/h6H,4-5,10H2,1-3H3,(H,11,12,13). The number of hydrogen-bond donors (Lipinski definition) is 2. The number of aromatic nitrogens is 2. The number of nitrogens with two attached hydrogens (primary N) is 1. The van der Waals surface area contributed by atoms with Gasteiger partial charge in [-0.05, 0) is 21.0 Å². The number of hydrogen-bond acceptors (Lipinski definition) is 6. The van der Waals surface area contributed by atoms with Crippen LogP contribution in [0.2, 0.25) is 0 Å². The Morgan fingerprint density at radius 1 is 1.47 bits per heavy atom. The van der Waals surface area contributed by atoms with Gasteiger partial charge < -0.3 is 9.64 Å². The van der Waals surface area contributed by atoms with E-state index in [0.717, 1.165) is 12.2 Å². The van der Waals surface area contributed by atoms with Gasteiger partial charge in [0.05, 0.1) is 0 Å². The summed E-state index contributed by atoms with van der Waals surface area (Å²) in [6.45, 7) is 3.29. The predicted molar refractivity (Wildman–Crippen MR) is 58.6 cm³/mol. The molecule has 0 aromatic carbocycles. The first kappa shape index (κ1) is 11.7. The molecule has 84 valence electrons. The Morgan fingerprint density at radius 3 is 2.80 bits per heavy atom. The number of hydrazine groups is 1. The summed E-state index contributed by atoms with van der Waals surface area (Å²) < 4.78 is 5.45. The van der Waals surface area contributed by atoms with Crippen LogP contribution in [0.4, 0.5) is 5.95 Å². The molecule has 0 atom stereocenters. The fourth-order valence-corrected chi connectivity index (χ4v) is 1.01. The molecule has 0 fully saturated rings. The minimum absolute atomic E-state index is 0.370. The molecule has 0 aliphatic rings. The highest BCUT2D eigenvalue weighted by Gasteiger charge is 2.01. The molecule has 0 radical (unpaired) electrons. The highest BCUT2D eigenvalue weighted by Crippen LogP contribution is 2.10. The van der Waals surface area contributed by atoms with E-state index >= 15 is 0 Å². The first-order valence-electron chi connectivity index (χ1n) is 4.71. The average molecular weight is 211 g/mol. The van der Waals surface area contributed by atoms with E-state index in [1.165, 1.54) is 0 Å². The molecular weight excluding hydrogens is 194 g/mol. The molecule has 0 aliphatic heterocycles. The highest BCUT2D eigenvalue weighted by molar-refractivity contribution is 5.28. The van der Waals surface area contributed by atoms with Gasteiger partial charge in [-0.25, -0.2) is 10.8 Å². The number of nitrogens with zero attached hydrogens (tertiary/aromatic N) is 3. The van der Waals surface area contributed by atoms with Crippen molar-refractivity contribution < 1.29 is 4.74 Å². The van der Waals surface area contributed by atoms with Crippen LogP contribution < -0.4 is 16.0 Å². The van der Waals surface area contributed by atoms with Crippen LogP contribution in [-0.4, -0.2) is 42.1 Å². The van der Waals surface area contributed by atoms with Crippen molar-refractivity contribution in [1.82, 2.24) is 14.9 Å². The molecule has 0 unspecified atom stereocenters. The molecular formula is C9H17N5O. The Morgan fingerprint density at radius 2 is 2.20 bits per heavy atom. The van der Waals surface area contributed by atoms with Crippen LogP contribution in [0.3, 0.4) is 0 Å². The molecule has 0 spiro atoms. The minimum atomic E-state index is 0.370. The van der Waals surface area contributed by atoms with Crippen molar-refractivity contribution in [3.8, 4) is 5.88 Å². The van der Waals surface area contributed by atoms with Crippen molar-refractivity contribution in [1.29, 1.82) is 0 Å². The van der Waals surface area contributed by atoms with Gasteiger partial charge in [0.25, 0.3) is 0 Å². The maximum absolute atomic E-state index is 5.45. The summed E-state index contributed by atoms with van der Waals surface area (Å²) in [6, 6.07) is 1.77. The van der Waals surface area contributed by atoms with Crippen LogP contribution in [-0.2, 0) is 0 Å². The quantitative estimate of drug-likeness (QED) is 0.528. The first-order chi connectivity index (χ1) is 7.11. The number of rotatable bonds is 5. The second-order valence-electron chi connectivity index (χ2n) is 3.47. The van der Waals surface area contributed by atoms with Gasteiger partial charge in [0.15, 0.2) is 0 Å². The lowest BCUT2D eigenvalue weighted by Crippen LogP contribution is -2.20. The Balaban J connectivity index is 2.56. The van der Waals surface area contributed by atoms with Crippen LogP contribution in [0.15, 0.2) is 6.07 Å². The van der Waals surface area contributed by atoms with Gasteiger partial charge in [0.1, 0.15) is 6.61 Å². The van der Waals surface area contributed by atoms with Crippen LogP contribution in [0.1, 0.15) is 5.69 Å². The van der Waals surface area contributed by atoms with Gasteiger partial charge in [-0.1, -0.05) is 0 Å². The van der Waals surface area contributed by atoms with E-state index in [9.17, 15) is 0 Å². The molecule has 1 heterocycles. The third kappa shape index (κ3) is 4.09. The van der Waals surface area contributed by atoms with Gasteiger partial charge in [-0.2, -0.15) is 4.98 Å². The molecule has 0 saturated carbocycles. The fraction of sp³-hybridized carbons (Fsp3) is 0.556. The predicted octanol–water partition coefficient (Wildman–Crippen LogP) is 0.0110. The first-order valence-corrected chi connectivity index (χ1v) is 4.71. The highest BCUT2D eigenvalue weighted by atomic mass is 16.5. The Bertz CT molecular complexity index is 315. The molecule has 6 nitrogen and oxygen atoms in total. The lowest BCUT2D eigenvalue weighted by molar-refractivity contribution is 0.253. The zero-order valence-corrected chi connectivity index (χ0v) is 9.32. The Hall–Kier alpha value is -1.40. The van der Waals surface area contributed by atoms with E-state index in [4.69, 9.17) is 10.6 Å². The molecule has 6 heteroatoms. The number of likely N-dealkylation sites (N-methyl/N-ethyl adjacent to an activating group) is 1. The molecule has 3 N–H and O–H groups in total. The van der Waals surface area contributed by atoms with Crippen molar-refractivity contribution >= 4 is 5.95 Å². The summed E-state index contributed by atoms with van der Waals surface area (Å²) in [7, 11) is 3.98. The van der Waals surface area contributed by atoms with Gasteiger partial charge in [0.2, 0.25) is 11.8 Å². The van der Waals surface area contributed by atoms with E-state index in [0.29, 0.717) is 18.4 Å². The smallest absolute Gasteiger partial charge is 0.240 e. The molecule has 15 heavy (non-hydrogen) atoms. The zero-order valence-electron chi connectivity index (χ0n) is 9.32. The maximum atomic E-state index is 5.45. The summed E-state index contributed by atoms with van der Waals surface area (Å²) in [5.74, 6) is 6.14. The summed E-state index contributed by atoms with van der Waals surface area (Å²) in [6.07, 6.45) is 0. The SMILES string of the molecule is Cc1cc(OCCN(C)C)nc(NN)n1. The van der Waals surface area contributed by atoms with Crippen molar-refractivity contribution in [3.05, 3.63) is 11.8 Å². The monoisotopic (exact) mass is 211 g/mol. The van der Waals surface area contributed by atoms with Gasteiger partial charge >= 0.3 is 0 Å². The van der Waals surface area contributed by atoms with Crippen molar-refractivity contribution in [2.75, 3.05) is 32.7 Å². The zero-order chi connectivity index (χ0) is 11.3. The topological polar surface area (TPSA) is 76.3 Å². The summed E-state index contributed by atoms with van der Waals surface area (Å²) in [5, 5.41) is 0. The number of ether oxygens (including phenoxy) is 1. The van der Waals surface area contributed by atoms with Gasteiger partial charge in [0, 0.05) is 18.3 Å². The van der Waals surface area contributed by atoms with Crippen LogP contribution in [0.25, 0.3) is 0 Å². The summed E-state index contributed by atoms with van der Waals surface area (Å²) in [5.41, 5.74) is 3.21. The molecule has 0 amide bonds. The largest absolute Gasteiger partial charge is 0.476 e. The molecule has 0 aliphatic carbocycles. The maximum Gasteiger partial charge on any atom is 0.240 e. The normalized spacial score (nSPS) is 10.5. The second kappa shape index (κ2) is 5.47. The molecule has 1 rings (SSSR count). The van der Waals surface area contributed by atoms with Crippen LogP contribution in [0, 0.1) is 6.92 Å². The summed E-state index contributed by atoms with van der Waals surface area (Å²) in [4.78, 5) is 10.2. The van der Waals surface area contributed by atoms with E-state index in [-0.39, 0.29) is 0 Å². The number of nitrogens with one attached hydrogen (secondary N) is 1. The van der Waals surface area contributed by atoms with Crippen molar-refractivity contribution in [2.45, 2.75) is 6.92 Å². The average Bonchev–Trinajstić information content (AvgIpc) is 2.16. The molecule has 1 aromatic heterocycles. The van der Waals surface area contributed by atoms with E-state index < -0.39 is 0 Å². The van der Waals surface area contributed by atoms with Gasteiger partial charge in [-0.3, -0.25) is 5.43 Å². The second-order valence-corrected chi connectivity index (χ2v) is 3.47.